The van der Waals surface area contributed by atoms with Crippen LogP contribution in [0.4, 0.5) is 10.2 Å². The summed E-state index contributed by atoms with van der Waals surface area (Å²) in [6.07, 6.45) is 4.84. The molecule has 162 valence electrons. The maximum absolute atomic E-state index is 13.3. The van der Waals surface area contributed by atoms with Gasteiger partial charge in [-0.05, 0) is 43.0 Å². The lowest BCUT2D eigenvalue weighted by molar-refractivity contribution is 0.282. The van der Waals surface area contributed by atoms with Crippen LogP contribution in [0.1, 0.15) is 12.8 Å². The molecule has 0 unspecified atom stereocenters. The lowest BCUT2D eigenvalue weighted by Gasteiger charge is -2.41. The zero-order valence-corrected chi connectivity index (χ0v) is 19.1. The number of aromatic amines is 1. The highest BCUT2D eigenvalue weighted by Gasteiger charge is 2.36. The first kappa shape index (κ1) is 23.1. The standard InChI is InChI=1S/C18H18ClFN4O2S.CH2Cl2/c1-24(18-14-4-5-21-17(14)22-10-23-18)12-6-11(7-12)9-27(25,26)13-2-3-16(20)15(19)8-13;2-1-3/h2-5,8,10-12H,6-7,9H2,1H3,(H,21,22,23);1H2. The second-order valence-corrected chi connectivity index (χ2v) is 10.2. The van der Waals surface area contributed by atoms with Gasteiger partial charge >= 0.3 is 0 Å². The lowest BCUT2D eigenvalue weighted by atomic mass is 9.81. The summed E-state index contributed by atoms with van der Waals surface area (Å²) >= 11 is 15.2. The predicted octanol–water partition coefficient (Wildman–Crippen LogP) is 4.86. The van der Waals surface area contributed by atoms with Crippen LogP contribution in [0.2, 0.25) is 5.02 Å². The van der Waals surface area contributed by atoms with Crippen molar-refractivity contribution in [1.29, 1.82) is 0 Å². The smallest absolute Gasteiger partial charge is 0.178 e. The van der Waals surface area contributed by atoms with Crippen molar-refractivity contribution in [3.05, 3.63) is 47.6 Å². The summed E-state index contributed by atoms with van der Waals surface area (Å²) in [4.78, 5) is 13.8. The topological polar surface area (TPSA) is 79.0 Å². The molecule has 0 aliphatic heterocycles. The molecule has 2 heterocycles. The van der Waals surface area contributed by atoms with Crippen LogP contribution in [0.3, 0.4) is 0 Å². The van der Waals surface area contributed by atoms with E-state index in [0.717, 1.165) is 35.8 Å². The number of anilines is 1. The molecule has 0 spiro atoms. The first-order valence-electron chi connectivity index (χ1n) is 9.07. The summed E-state index contributed by atoms with van der Waals surface area (Å²) in [5.74, 6) is 0.289. The first-order valence-corrected chi connectivity index (χ1v) is 12.2. The molecule has 30 heavy (non-hydrogen) atoms. The van der Waals surface area contributed by atoms with Gasteiger partial charge < -0.3 is 9.88 Å². The van der Waals surface area contributed by atoms with Crippen LogP contribution in [0, 0.1) is 11.7 Å². The monoisotopic (exact) mass is 492 g/mol. The maximum atomic E-state index is 13.3. The molecule has 1 aliphatic carbocycles. The second-order valence-electron chi connectivity index (χ2n) is 7.00. The molecule has 11 heteroatoms. The normalized spacial score (nSPS) is 18.4. The van der Waals surface area contributed by atoms with E-state index in [-0.39, 0.29) is 33.0 Å². The largest absolute Gasteiger partial charge is 0.356 e. The molecular formula is C19H20Cl3FN4O2S. The van der Waals surface area contributed by atoms with Crippen LogP contribution in [0.5, 0.6) is 0 Å². The Morgan fingerprint density at radius 1 is 1.23 bits per heavy atom. The minimum absolute atomic E-state index is 0.0304. The van der Waals surface area contributed by atoms with Crippen molar-refractivity contribution in [2.24, 2.45) is 5.92 Å². The van der Waals surface area contributed by atoms with E-state index < -0.39 is 15.7 Å². The number of hydrogen-bond acceptors (Lipinski definition) is 5. The predicted molar refractivity (Wildman–Crippen MR) is 119 cm³/mol. The number of hydrogen-bond donors (Lipinski definition) is 1. The lowest BCUT2D eigenvalue weighted by Crippen LogP contribution is -2.45. The highest BCUT2D eigenvalue weighted by molar-refractivity contribution is 7.91. The molecule has 0 saturated heterocycles. The van der Waals surface area contributed by atoms with Crippen LogP contribution in [0.25, 0.3) is 11.0 Å². The molecule has 4 rings (SSSR count). The molecule has 3 aromatic rings. The number of sulfone groups is 1. The molecule has 1 fully saturated rings. The van der Waals surface area contributed by atoms with Gasteiger partial charge in [0.05, 0.1) is 26.4 Å². The van der Waals surface area contributed by atoms with Crippen molar-refractivity contribution < 1.29 is 12.8 Å². The Morgan fingerprint density at radius 2 is 1.93 bits per heavy atom. The van der Waals surface area contributed by atoms with E-state index in [9.17, 15) is 12.8 Å². The number of aromatic nitrogens is 3. The van der Waals surface area contributed by atoms with E-state index in [4.69, 9.17) is 34.8 Å². The van der Waals surface area contributed by atoms with Gasteiger partial charge in [0.2, 0.25) is 0 Å². The number of benzene rings is 1. The third kappa shape index (κ3) is 4.99. The Bertz CT molecular complexity index is 1120. The molecular weight excluding hydrogens is 474 g/mol. The Labute approximate surface area is 189 Å². The van der Waals surface area contributed by atoms with E-state index in [1.807, 2.05) is 19.3 Å². The number of nitrogens with zero attached hydrogens (tertiary/aromatic N) is 3. The first-order chi connectivity index (χ1) is 14.3. The molecule has 1 aromatic carbocycles. The Balaban J connectivity index is 0.000000806. The fourth-order valence-corrected chi connectivity index (χ4v) is 5.45. The SMILES string of the molecule is CN(c1ncnc2[nH]ccc12)C1CC(CS(=O)(=O)c2ccc(F)c(Cl)c2)C1.ClCCl. The summed E-state index contributed by atoms with van der Waals surface area (Å²) < 4.78 is 38.4. The second kappa shape index (κ2) is 9.68. The van der Waals surface area contributed by atoms with E-state index in [1.54, 1.807) is 0 Å². The van der Waals surface area contributed by atoms with Gasteiger partial charge in [-0.3, -0.25) is 0 Å². The van der Waals surface area contributed by atoms with Gasteiger partial charge in [0.15, 0.2) is 9.84 Å². The molecule has 1 N–H and O–H groups in total. The van der Waals surface area contributed by atoms with Gasteiger partial charge in [-0.15, -0.1) is 23.2 Å². The van der Waals surface area contributed by atoms with Crippen molar-refractivity contribution in [3.63, 3.8) is 0 Å². The molecule has 0 amide bonds. The van der Waals surface area contributed by atoms with E-state index in [1.165, 1.54) is 18.5 Å². The number of halogens is 4. The summed E-state index contributed by atoms with van der Waals surface area (Å²) in [6.45, 7) is 0. The number of fused-ring (bicyclic) bond motifs is 1. The van der Waals surface area contributed by atoms with E-state index in [0.29, 0.717) is 0 Å². The van der Waals surface area contributed by atoms with Gasteiger partial charge in [-0.25, -0.2) is 22.8 Å². The van der Waals surface area contributed by atoms with Crippen LogP contribution < -0.4 is 4.90 Å². The van der Waals surface area contributed by atoms with Crippen molar-refractivity contribution in [2.45, 2.75) is 23.8 Å². The van der Waals surface area contributed by atoms with Gasteiger partial charge in [0.1, 0.15) is 23.6 Å². The van der Waals surface area contributed by atoms with Gasteiger partial charge in [0.25, 0.3) is 0 Å². The highest BCUT2D eigenvalue weighted by Crippen LogP contribution is 2.36. The minimum Gasteiger partial charge on any atom is -0.356 e. The molecule has 1 saturated carbocycles. The van der Waals surface area contributed by atoms with Crippen LogP contribution in [-0.4, -0.2) is 47.6 Å². The zero-order valence-electron chi connectivity index (χ0n) is 16.0. The Morgan fingerprint density at radius 3 is 2.60 bits per heavy atom. The Kier molecular flexibility index (Phi) is 7.44. The number of nitrogens with one attached hydrogen (secondary N) is 1. The van der Waals surface area contributed by atoms with Crippen LogP contribution in [0.15, 0.2) is 41.7 Å². The molecule has 6 nitrogen and oxygen atoms in total. The van der Waals surface area contributed by atoms with Gasteiger partial charge in [-0.1, -0.05) is 11.6 Å². The highest BCUT2D eigenvalue weighted by atomic mass is 35.5. The maximum Gasteiger partial charge on any atom is 0.178 e. The van der Waals surface area contributed by atoms with Crippen molar-refractivity contribution in [1.82, 2.24) is 15.0 Å². The molecule has 0 radical (unpaired) electrons. The van der Waals surface area contributed by atoms with Crippen LogP contribution in [-0.2, 0) is 9.84 Å². The summed E-state index contributed by atoms with van der Waals surface area (Å²) in [7, 11) is -1.54. The Hall–Kier alpha value is -1.61. The van der Waals surface area contributed by atoms with Crippen molar-refractivity contribution in [3.8, 4) is 0 Å². The summed E-state index contributed by atoms with van der Waals surface area (Å²) in [5.41, 5.74) is 0.776. The third-order valence-corrected chi connectivity index (χ3v) is 7.30. The van der Waals surface area contributed by atoms with Gasteiger partial charge in [-0.2, -0.15) is 0 Å². The fourth-order valence-electron chi connectivity index (χ4n) is 3.54. The quantitative estimate of drug-likeness (QED) is 0.405. The molecule has 2 aromatic heterocycles. The van der Waals surface area contributed by atoms with Gasteiger partial charge in [0, 0.05) is 19.3 Å². The van der Waals surface area contributed by atoms with Crippen LogP contribution >= 0.6 is 34.8 Å². The molecule has 0 bridgehead atoms. The zero-order chi connectivity index (χ0) is 21.9. The number of alkyl halides is 2. The van der Waals surface area contributed by atoms with E-state index >= 15 is 0 Å². The molecule has 1 aliphatic rings. The van der Waals surface area contributed by atoms with Crippen molar-refractivity contribution >= 4 is 61.5 Å². The summed E-state index contributed by atoms with van der Waals surface area (Å²) in [6, 6.07) is 5.68. The minimum atomic E-state index is -3.50. The fraction of sp³-hybridized carbons (Fsp3) is 0.368. The average molecular weight is 494 g/mol. The number of H-pyrrole nitrogens is 1. The van der Waals surface area contributed by atoms with Crippen molar-refractivity contribution in [2.75, 3.05) is 23.0 Å². The summed E-state index contributed by atoms with van der Waals surface area (Å²) in [5, 5.41) is 0.957. The third-order valence-electron chi connectivity index (χ3n) is 5.13. The molecule has 0 atom stereocenters. The number of rotatable bonds is 5. The van der Waals surface area contributed by atoms with E-state index in [2.05, 4.69) is 19.9 Å². The average Bonchev–Trinajstić information content (AvgIpc) is 3.15.